The molecule has 2 N–H and O–H groups in total. The van der Waals surface area contributed by atoms with Gasteiger partial charge in [-0.15, -0.1) is 0 Å². The van der Waals surface area contributed by atoms with E-state index < -0.39 is 6.10 Å². The SMILES string of the molecule is OC(CNC1C2C3CCC(C3)C12)COCc1ccco1. The molecule has 0 aliphatic heterocycles. The molecule has 3 aliphatic carbocycles. The second kappa shape index (κ2) is 5.17. The molecule has 4 heteroatoms. The summed E-state index contributed by atoms with van der Waals surface area (Å²) in [6, 6.07) is 4.41. The minimum atomic E-state index is -0.427. The van der Waals surface area contributed by atoms with Crippen LogP contribution in [0.1, 0.15) is 25.0 Å². The lowest BCUT2D eigenvalue weighted by Gasteiger charge is -2.14. The topological polar surface area (TPSA) is 54.6 Å². The molecule has 0 saturated heterocycles. The highest BCUT2D eigenvalue weighted by Crippen LogP contribution is 2.65. The summed E-state index contributed by atoms with van der Waals surface area (Å²) in [6.45, 7) is 1.45. The van der Waals surface area contributed by atoms with Gasteiger partial charge in [-0.25, -0.2) is 0 Å². The summed E-state index contributed by atoms with van der Waals surface area (Å²) in [6.07, 6.45) is 5.57. The molecule has 1 heterocycles. The van der Waals surface area contributed by atoms with Crippen LogP contribution in [0.5, 0.6) is 0 Å². The van der Waals surface area contributed by atoms with Crippen LogP contribution in [0, 0.1) is 23.7 Å². The van der Waals surface area contributed by atoms with Gasteiger partial charge in [0.1, 0.15) is 12.4 Å². The van der Waals surface area contributed by atoms with E-state index >= 15 is 0 Å². The van der Waals surface area contributed by atoms with Gasteiger partial charge in [0.2, 0.25) is 0 Å². The lowest BCUT2D eigenvalue weighted by atomic mass is 10.0. The van der Waals surface area contributed by atoms with Crippen LogP contribution in [0.3, 0.4) is 0 Å². The number of rotatable bonds is 7. The van der Waals surface area contributed by atoms with Crippen molar-refractivity contribution in [2.45, 2.75) is 38.0 Å². The van der Waals surface area contributed by atoms with Crippen molar-refractivity contribution in [2.24, 2.45) is 23.7 Å². The van der Waals surface area contributed by atoms with Crippen LogP contribution in [0.2, 0.25) is 0 Å². The molecule has 20 heavy (non-hydrogen) atoms. The van der Waals surface area contributed by atoms with E-state index in [9.17, 15) is 5.11 Å². The van der Waals surface area contributed by atoms with E-state index in [2.05, 4.69) is 5.32 Å². The quantitative estimate of drug-likeness (QED) is 0.798. The maximum Gasteiger partial charge on any atom is 0.129 e. The first-order chi connectivity index (χ1) is 9.83. The van der Waals surface area contributed by atoms with E-state index in [1.165, 1.54) is 19.3 Å². The third kappa shape index (κ3) is 2.30. The van der Waals surface area contributed by atoms with Gasteiger partial charge in [0.25, 0.3) is 0 Å². The standard InChI is InChI=1S/C16H23NO3/c18-12(8-19-9-13-2-1-5-20-13)7-17-16-14-10-3-4-11(6-10)15(14)16/h1-2,5,10-12,14-18H,3-4,6-9H2. The average molecular weight is 277 g/mol. The van der Waals surface area contributed by atoms with Gasteiger partial charge < -0.3 is 19.6 Å². The zero-order valence-electron chi connectivity index (χ0n) is 11.7. The van der Waals surface area contributed by atoms with Crippen LogP contribution in [-0.2, 0) is 11.3 Å². The fraction of sp³-hybridized carbons (Fsp3) is 0.750. The first-order valence-corrected chi connectivity index (χ1v) is 7.84. The Bertz CT molecular complexity index is 431. The second-order valence-electron chi connectivity index (χ2n) is 6.67. The molecule has 5 atom stereocenters. The molecular weight excluding hydrogens is 254 g/mol. The molecule has 3 aliphatic rings. The third-order valence-electron chi connectivity index (χ3n) is 5.46. The summed E-state index contributed by atoms with van der Waals surface area (Å²) in [5.74, 6) is 4.61. The van der Waals surface area contributed by atoms with Gasteiger partial charge in [-0.05, 0) is 55.1 Å². The number of ether oxygens (including phenoxy) is 1. The second-order valence-corrected chi connectivity index (χ2v) is 6.67. The number of fused-ring (bicyclic) bond motifs is 5. The van der Waals surface area contributed by atoms with Gasteiger partial charge in [0.15, 0.2) is 0 Å². The Hall–Kier alpha value is -0.840. The maximum atomic E-state index is 9.95. The molecule has 5 unspecified atom stereocenters. The van der Waals surface area contributed by atoms with Crippen molar-refractivity contribution in [2.75, 3.05) is 13.2 Å². The molecule has 3 saturated carbocycles. The maximum absolute atomic E-state index is 9.95. The van der Waals surface area contributed by atoms with Crippen LogP contribution in [-0.4, -0.2) is 30.4 Å². The Balaban J connectivity index is 1.14. The van der Waals surface area contributed by atoms with Crippen molar-refractivity contribution in [3.05, 3.63) is 24.2 Å². The molecule has 1 aromatic rings. The number of nitrogens with one attached hydrogen (secondary N) is 1. The van der Waals surface area contributed by atoms with E-state index in [1.54, 1.807) is 6.26 Å². The highest BCUT2D eigenvalue weighted by atomic mass is 16.5. The van der Waals surface area contributed by atoms with E-state index in [-0.39, 0.29) is 0 Å². The highest BCUT2D eigenvalue weighted by molar-refractivity contribution is 5.16. The number of aliphatic hydroxyl groups is 1. The van der Waals surface area contributed by atoms with Crippen LogP contribution >= 0.6 is 0 Å². The van der Waals surface area contributed by atoms with Crippen molar-refractivity contribution in [3.8, 4) is 0 Å². The number of hydrogen-bond donors (Lipinski definition) is 2. The summed E-state index contributed by atoms with van der Waals surface area (Å²) in [7, 11) is 0. The van der Waals surface area contributed by atoms with Gasteiger partial charge >= 0.3 is 0 Å². The van der Waals surface area contributed by atoms with E-state index in [1.807, 2.05) is 12.1 Å². The van der Waals surface area contributed by atoms with Gasteiger partial charge in [-0.3, -0.25) is 0 Å². The smallest absolute Gasteiger partial charge is 0.129 e. The molecule has 1 aromatic heterocycles. The highest BCUT2D eigenvalue weighted by Gasteiger charge is 2.64. The molecule has 4 nitrogen and oxygen atoms in total. The number of furan rings is 1. The van der Waals surface area contributed by atoms with Crippen LogP contribution in [0.15, 0.2) is 22.8 Å². The third-order valence-corrected chi connectivity index (χ3v) is 5.46. The molecule has 0 amide bonds. The molecule has 3 fully saturated rings. The summed E-state index contributed by atoms with van der Waals surface area (Å²) in [5, 5.41) is 13.5. The summed E-state index contributed by atoms with van der Waals surface area (Å²) in [4.78, 5) is 0. The lowest BCUT2D eigenvalue weighted by molar-refractivity contribution is 0.0221. The van der Waals surface area contributed by atoms with Crippen molar-refractivity contribution in [3.63, 3.8) is 0 Å². The number of aliphatic hydroxyl groups excluding tert-OH is 1. The Labute approximate surface area is 119 Å². The Kier molecular flexibility index (Phi) is 3.33. The van der Waals surface area contributed by atoms with E-state index in [0.717, 1.165) is 29.4 Å². The Morgan fingerprint density at radius 2 is 2.15 bits per heavy atom. The number of hydrogen-bond acceptors (Lipinski definition) is 4. The lowest BCUT2D eigenvalue weighted by Crippen LogP contribution is -2.34. The molecule has 0 radical (unpaired) electrons. The van der Waals surface area contributed by atoms with Gasteiger partial charge in [0, 0.05) is 12.6 Å². The fourth-order valence-electron chi connectivity index (χ4n) is 4.62. The first-order valence-electron chi connectivity index (χ1n) is 7.84. The van der Waals surface area contributed by atoms with Crippen molar-refractivity contribution in [1.29, 1.82) is 0 Å². The summed E-state index contributed by atoms with van der Waals surface area (Å²) < 4.78 is 10.6. The van der Waals surface area contributed by atoms with E-state index in [0.29, 0.717) is 25.8 Å². The first kappa shape index (κ1) is 12.9. The predicted octanol–water partition coefficient (Wildman–Crippen LogP) is 1.79. The molecule has 0 aromatic carbocycles. The summed E-state index contributed by atoms with van der Waals surface area (Å²) in [5.41, 5.74) is 0. The monoisotopic (exact) mass is 277 g/mol. The Morgan fingerprint density at radius 1 is 1.35 bits per heavy atom. The molecule has 2 bridgehead atoms. The van der Waals surface area contributed by atoms with E-state index in [4.69, 9.17) is 9.15 Å². The average Bonchev–Trinajstić information content (AvgIpc) is 2.88. The van der Waals surface area contributed by atoms with Crippen molar-refractivity contribution >= 4 is 0 Å². The Morgan fingerprint density at radius 3 is 2.85 bits per heavy atom. The predicted molar refractivity (Wildman–Crippen MR) is 74.0 cm³/mol. The largest absolute Gasteiger partial charge is 0.467 e. The molecule has 110 valence electrons. The van der Waals surface area contributed by atoms with Crippen LogP contribution < -0.4 is 5.32 Å². The normalized spacial score (nSPS) is 39.0. The molecular formula is C16H23NO3. The van der Waals surface area contributed by atoms with Crippen LogP contribution in [0.4, 0.5) is 0 Å². The minimum absolute atomic E-state index is 0.364. The van der Waals surface area contributed by atoms with Gasteiger partial charge in [-0.1, -0.05) is 0 Å². The molecule has 4 rings (SSSR count). The zero-order valence-corrected chi connectivity index (χ0v) is 11.7. The van der Waals surface area contributed by atoms with Gasteiger partial charge in [-0.2, -0.15) is 0 Å². The molecule has 0 spiro atoms. The van der Waals surface area contributed by atoms with Crippen molar-refractivity contribution in [1.82, 2.24) is 5.32 Å². The zero-order chi connectivity index (χ0) is 13.5. The minimum Gasteiger partial charge on any atom is -0.467 e. The summed E-state index contributed by atoms with van der Waals surface area (Å²) >= 11 is 0. The van der Waals surface area contributed by atoms with Crippen LogP contribution in [0.25, 0.3) is 0 Å². The fourth-order valence-corrected chi connectivity index (χ4v) is 4.62. The van der Waals surface area contributed by atoms with Crippen molar-refractivity contribution < 1.29 is 14.3 Å². The van der Waals surface area contributed by atoms with Gasteiger partial charge in [0.05, 0.1) is 19.0 Å².